The summed E-state index contributed by atoms with van der Waals surface area (Å²) in [4.78, 5) is 6.97. The van der Waals surface area contributed by atoms with E-state index in [0.29, 0.717) is 0 Å². The van der Waals surface area contributed by atoms with Gasteiger partial charge in [-0.2, -0.15) is 0 Å². The van der Waals surface area contributed by atoms with Gasteiger partial charge in [-0.25, -0.2) is 0 Å². The van der Waals surface area contributed by atoms with E-state index < -0.39 is 0 Å². The van der Waals surface area contributed by atoms with Gasteiger partial charge < -0.3 is 37.2 Å². The van der Waals surface area contributed by atoms with E-state index in [1.54, 1.807) is 0 Å². The van der Waals surface area contributed by atoms with E-state index in [9.17, 15) is 0 Å². The minimum Gasteiger partial charge on any atom is -0.454 e. The molecule has 0 saturated carbocycles. The Morgan fingerprint density at radius 1 is 0.177 bits per heavy atom. The molecule has 6 heterocycles. The highest BCUT2D eigenvalue weighted by molar-refractivity contribution is 7.26. The summed E-state index contributed by atoms with van der Waals surface area (Å²) in [6.07, 6.45) is 0. The van der Waals surface area contributed by atoms with E-state index in [-0.39, 0.29) is 0 Å². The first kappa shape index (κ1) is 82.0. The summed E-state index contributed by atoms with van der Waals surface area (Å²) in [5, 5.41) is 22.1. The van der Waals surface area contributed by atoms with E-state index in [1.165, 1.54) is 118 Å². The normalized spacial score (nSPS) is 11.7. The summed E-state index contributed by atoms with van der Waals surface area (Å²) in [5.41, 5.74) is 28.8. The zero-order chi connectivity index (χ0) is 93.0. The molecule has 0 atom stereocenters. The molecular weight excluding hydrogens is 1730 g/mol. The van der Waals surface area contributed by atoms with Crippen LogP contribution in [0.5, 0.6) is 0 Å². The molecule has 0 aliphatic carbocycles. The smallest absolute Gasteiger partial charge is 0.160 e. The highest BCUT2D eigenvalue weighted by Gasteiger charge is 2.26. The number of thiophene rings is 1. The Morgan fingerprint density at radius 3 is 0.950 bits per heavy atom. The molecule has 9 heteroatoms. The van der Waals surface area contributed by atoms with Crippen molar-refractivity contribution >= 4 is 224 Å². The van der Waals surface area contributed by atoms with Crippen LogP contribution in [0.15, 0.2) is 531 Å². The Labute approximate surface area is 816 Å². The summed E-state index contributed by atoms with van der Waals surface area (Å²) in [6.45, 7) is 0. The molecule has 0 aliphatic heterocycles. The molecule has 8 nitrogen and oxygen atoms in total. The molecule has 0 radical (unpaired) electrons. The molecule has 0 aliphatic rings. The van der Waals surface area contributed by atoms with Crippen LogP contribution in [-0.4, -0.2) is 13.7 Å². The number of hydrogen-bond acceptors (Lipinski definition) is 6. The molecule has 0 saturated heterocycles. The van der Waals surface area contributed by atoms with E-state index >= 15 is 0 Å². The summed E-state index contributed by atoms with van der Waals surface area (Å²) in [5.74, 6) is 0. The average Bonchev–Trinajstić information content (AvgIpc) is 1.57. The van der Waals surface area contributed by atoms with Crippen molar-refractivity contribution in [2.75, 3.05) is 14.7 Å². The second-order valence-electron chi connectivity index (χ2n) is 36.2. The summed E-state index contributed by atoms with van der Waals surface area (Å²) in [6, 6.07) is 187. The van der Waals surface area contributed by atoms with Crippen LogP contribution in [0.4, 0.5) is 51.2 Å². The van der Waals surface area contributed by atoms with Crippen molar-refractivity contribution in [1.29, 1.82) is 0 Å². The van der Waals surface area contributed by atoms with Crippen LogP contribution in [0, 0.1) is 0 Å². The van der Waals surface area contributed by atoms with Gasteiger partial charge in [0.25, 0.3) is 0 Å². The topological polar surface area (TPSA) is 50.8 Å². The van der Waals surface area contributed by atoms with E-state index in [2.05, 4.69) is 532 Å². The molecule has 29 rings (SSSR count). The summed E-state index contributed by atoms with van der Waals surface area (Å²) in [7, 11) is 0. The number of furan rings is 2. The van der Waals surface area contributed by atoms with Crippen LogP contribution in [0.3, 0.4) is 0 Å². The number of para-hydroxylation sites is 8. The van der Waals surface area contributed by atoms with E-state index in [0.717, 1.165) is 134 Å². The summed E-state index contributed by atoms with van der Waals surface area (Å²) < 4.78 is 22.9. The van der Waals surface area contributed by atoms with Gasteiger partial charge in [0.15, 0.2) is 11.2 Å². The van der Waals surface area contributed by atoms with E-state index in [1.807, 2.05) is 29.5 Å². The molecule has 0 unspecified atom stereocenters. The lowest BCUT2D eigenvalue weighted by molar-refractivity contribution is 0.670. The lowest BCUT2D eigenvalue weighted by Gasteiger charge is -2.26. The van der Waals surface area contributed by atoms with Gasteiger partial charge in [-0.3, -0.25) is 0 Å². The predicted octanol–water partition coefficient (Wildman–Crippen LogP) is 37.7. The van der Waals surface area contributed by atoms with Crippen molar-refractivity contribution in [1.82, 2.24) is 13.7 Å². The number of benzene rings is 23. The van der Waals surface area contributed by atoms with Gasteiger partial charge in [0.05, 0.1) is 33.1 Å². The molecule has 6 aromatic heterocycles. The minimum atomic E-state index is 0.908. The Kier molecular flexibility index (Phi) is 20.0. The monoisotopic (exact) mass is 1820 g/mol. The molecule has 29 aromatic rings. The fourth-order valence-electron chi connectivity index (χ4n) is 21.5. The first-order chi connectivity index (χ1) is 69.9. The molecule has 141 heavy (non-hydrogen) atoms. The maximum absolute atomic E-state index is 6.54. The lowest BCUT2D eigenvalue weighted by Crippen LogP contribution is -2.10. The Bertz CT molecular complexity index is 9870. The average molecular weight is 1820 g/mol. The zero-order valence-electron chi connectivity index (χ0n) is 76.6. The van der Waals surface area contributed by atoms with Crippen LogP contribution < -0.4 is 14.7 Å². The van der Waals surface area contributed by atoms with Crippen LogP contribution in [0.1, 0.15) is 0 Å². The van der Waals surface area contributed by atoms with Crippen LogP contribution in [0.2, 0.25) is 0 Å². The third-order valence-corrected chi connectivity index (χ3v) is 29.3. The van der Waals surface area contributed by atoms with Gasteiger partial charge in [0, 0.05) is 142 Å². The number of hydrogen-bond donors (Lipinski definition) is 0. The van der Waals surface area contributed by atoms with Crippen molar-refractivity contribution in [3.05, 3.63) is 522 Å². The zero-order valence-corrected chi connectivity index (χ0v) is 77.4. The highest BCUT2D eigenvalue weighted by atomic mass is 32.1. The van der Waals surface area contributed by atoms with Crippen molar-refractivity contribution in [3.63, 3.8) is 0 Å². The van der Waals surface area contributed by atoms with Crippen LogP contribution in [-0.2, 0) is 0 Å². The molecule has 0 fully saturated rings. The lowest BCUT2D eigenvalue weighted by atomic mass is 10.0. The molecule has 0 spiro atoms. The standard InChI is InChI=1S/C46H30N2O.C46H30N2S.C40H26N2O/c1-2-12-35(13-3-1)47(38-27-22-31-10-4-5-11-34(31)30-38)36-23-18-32(19-24-36)33-20-25-37(26-21-33)48-43-16-8-6-14-39(43)41-28-29-42-40-15-7-9-17-44(40)49-46(42)45(41)48;1-2-12-35(13-3-1)47(36-22-20-32(21-23-36)34-19-18-31-10-4-5-11-33(31)30-34)37-24-26-38(27-25-37)48-42-16-8-6-15-41(42)45-43(48)29-28-40-39-14-7-9-17-44(39)49-46(40)45;1-2-12-29(13-3-1)41(32-19-18-27-10-4-5-11-28(27)26-32)30-20-22-31(23-21-30)42-37-16-8-6-14-33(37)35-24-25-36-34-15-7-9-17-38(34)43-40(36)39(35)42/h2*1-30H;1-26H. The van der Waals surface area contributed by atoms with E-state index in [4.69, 9.17) is 8.83 Å². The van der Waals surface area contributed by atoms with Crippen LogP contribution >= 0.6 is 11.3 Å². The minimum absolute atomic E-state index is 0.908. The maximum atomic E-state index is 6.54. The quantitative estimate of drug-likeness (QED) is 0.109. The molecule has 0 bridgehead atoms. The second-order valence-corrected chi connectivity index (χ2v) is 37.2. The molecular formula is C132H86N6O2S. The van der Waals surface area contributed by atoms with Gasteiger partial charge in [0.2, 0.25) is 0 Å². The fraction of sp³-hybridized carbons (Fsp3) is 0. The first-order valence-corrected chi connectivity index (χ1v) is 48.8. The third kappa shape index (κ3) is 14.3. The highest BCUT2D eigenvalue weighted by Crippen LogP contribution is 2.49. The Hall–Kier alpha value is -18.5. The van der Waals surface area contributed by atoms with Crippen molar-refractivity contribution < 1.29 is 8.83 Å². The van der Waals surface area contributed by atoms with Crippen LogP contribution in [0.25, 0.3) is 201 Å². The van der Waals surface area contributed by atoms with Gasteiger partial charge in [-0.1, -0.05) is 315 Å². The van der Waals surface area contributed by atoms with Crippen molar-refractivity contribution in [3.8, 4) is 39.3 Å². The van der Waals surface area contributed by atoms with Gasteiger partial charge in [-0.05, 0) is 261 Å². The number of fused-ring (bicyclic) bond motifs is 24. The fourth-order valence-corrected chi connectivity index (χ4v) is 22.8. The number of anilines is 9. The molecule has 23 aromatic carbocycles. The largest absolute Gasteiger partial charge is 0.454 e. The molecule has 662 valence electrons. The molecule has 0 amide bonds. The van der Waals surface area contributed by atoms with Gasteiger partial charge in [0.1, 0.15) is 11.2 Å². The number of rotatable bonds is 14. The van der Waals surface area contributed by atoms with Gasteiger partial charge in [-0.15, -0.1) is 11.3 Å². The summed E-state index contributed by atoms with van der Waals surface area (Å²) >= 11 is 1.90. The van der Waals surface area contributed by atoms with Crippen molar-refractivity contribution in [2.24, 2.45) is 0 Å². The number of nitrogens with zero attached hydrogens (tertiary/aromatic N) is 6. The predicted molar refractivity (Wildman–Crippen MR) is 597 cm³/mol. The molecule has 0 N–H and O–H groups in total. The maximum Gasteiger partial charge on any atom is 0.160 e. The Morgan fingerprint density at radius 2 is 0.482 bits per heavy atom. The second kappa shape index (κ2) is 34.4. The Balaban J connectivity index is 0.000000106. The SMILES string of the molecule is c1ccc(N(c2ccc(-c3ccc(-n4c5ccccc5c5ccc6c7ccccc7oc6c54)cc3)cc2)c2ccc3ccccc3c2)cc1.c1ccc(N(c2ccc(-c3ccc4ccccc4c3)cc2)c2ccc(-n3c4ccccc4c4c5sc6ccccc6c5ccc43)cc2)cc1.c1ccc(N(c2ccc(-n3c4ccccc4c4ccc5c6ccccc6oc5c43)cc2)c2ccc3ccccc3c2)cc1. The van der Waals surface area contributed by atoms with Crippen molar-refractivity contribution in [2.45, 2.75) is 0 Å². The third-order valence-electron chi connectivity index (χ3n) is 28.1. The number of aromatic nitrogens is 3. The first-order valence-electron chi connectivity index (χ1n) is 48.0. The van der Waals surface area contributed by atoms with Gasteiger partial charge >= 0.3 is 0 Å².